The molecule has 2 amide bonds. The van der Waals surface area contributed by atoms with E-state index in [2.05, 4.69) is 15.3 Å². The molecule has 1 atom stereocenters. The van der Waals surface area contributed by atoms with Crippen LogP contribution in [-0.2, 0) is 6.42 Å². The van der Waals surface area contributed by atoms with Gasteiger partial charge in [-0.2, -0.15) is 0 Å². The predicted molar refractivity (Wildman–Crippen MR) is 120 cm³/mol. The minimum Gasteiger partial charge on any atom is -0.449 e. The number of amides is 2. The zero-order valence-corrected chi connectivity index (χ0v) is 17.7. The maximum atomic E-state index is 13.1. The Kier molecular flexibility index (Phi) is 4.38. The van der Waals surface area contributed by atoms with Crippen LogP contribution in [0.15, 0.2) is 52.1 Å². The summed E-state index contributed by atoms with van der Waals surface area (Å²) in [5.41, 5.74) is 3.55. The number of carbonyl (C=O) groups excluding carboxylic acids is 2. The number of benzene rings is 1. The van der Waals surface area contributed by atoms with Gasteiger partial charge in [-0.1, -0.05) is 12.1 Å². The van der Waals surface area contributed by atoms with Gasteiger partial charge >= 0.3 is 0 Å². The maximum absolute atomic E-state index is 13.1. The van der Waals surface area contributed by atoms with Crippen molar-refractivity contribution in [3.63, 3.8) is 0 Å². The molecular formula is C25H24N4O3. The number of para-hydroxylation sites is 1. The van der Waals surface area contributed by atoms with Crippen LogP contribution < -0.4 is 5.32 Å². The second-order valence-electron chi connectivity index (χ2n) is 9.12. The third kappa shape index (κ3) is 3.20. The molecule has 32 heavy (non-hydrogen) atoms. The van der Waals surface area contributed by atoms with E-state index in [-0.39, 0.29) is 17.2 Å². The molecule has 3 aromatic rings. The molecule has 6 rings (SSSR count). The molecule has 1 saturated heterocycles. The SMILES string of the molecule is O=C(NCC1CC12CCN(C(=O)c1cccc3c1N=CC3)CC2)c1cc2ccncc2o1. The minimum absolute atomic E-state index is 0.0839. The molecule has 1 aliphatic carbocycles. The van der Waals surface area contributed by atoms with Gasteiger partial charge in [-0.25, -0.2) is 0 Å². The number of rotatable bonds is 4. The van der Waals surface area contributed by atoms with Crippen molar-refractivity contribution >= 4 is 34.7 Å². The fraction of sp³-hybridized carbons (Fsp3) is 0.360. The zero-order chi connectivity index (χ0) is 21.7. The Morgan fingerprint density at radius 3 is 2.94 bits per heavy atom. The Balaban J connectivity index is 1.04. The molecule has 1 saturated carbocycles. The maximum Gasteiger partial charge on any atom is 0.287 e. The van der Waals surface area contributed by atoms with Gasteiger partial charge in [0.15, 0.2) is 11.3 Å². The fourth-order valence-corrected chi connectivity index (χ4v) is 5.27. The number of nitrogens with zero attached hydrogens (tertiary/aromatic N) is 3. The van der Waals surface area contributed by atoms with Gasteiger partial charge in [0.1, 0.15) is 0 Å². The van der Waals surface area contributed by atoms with E-state index in [1.807, 2.05) is 35.4 Å². The number of piperidine rings is 1. The summed E-state index contributed by atoms with van der Waals surface area (Å²) < 4.78 is 5.61. The first kappa shape index (κ1) is 19.2. The smallest absolute Gasteiger partial charge is 0.287 e. The highest BCUT2D eigenvalue weighted by atomic mass is 16.3. The van der Waals surface area contributed by atoms with E-state index >= 15 is 0 Å². The average molecular weight is 428 g/mol. The van der Waals surface area contributed by atoms with Crippen molar-refractivity contribution in [1.82, 2.24) is 15.2 Å². The number of aliphatic imine (C=N–C) groups is 1. The normalized spacial score (nSPS) is 20.5. The summed E-state index contributed by atoms with van der Waals surface area (Å²) in [5, 5.41) is 3.91. The quantitative estimate of drug-likeness (QED) is 0.685. The molecule has 1 unspecified atom stereocenters. The molecule has 1 N–H and O–H groups in total. The van der Waals surface area contributed by atoms with E-state index in [0.29, 0.717) is 29.4 Å². The number of fused-ring (bicyclic) bond motifs is 2. The first-order chi connectivity index (χ1) is 15.6. The van der Waals surface area contributed by atoms with Gasteiger partial charge in [-0.05, 0) is 54.4 Å². The molecule has 3 aliphatic rings. The van der Waals surface area contributed by atoms with Gasteiger partial charge in [-0.15, -0.1) is 0 Å². The van der Waals surface area contributed by atoms with Crippen molar-refractivity contribution in [2.45, 2.75) is 25.7 Å². The zero-order valence-electron chi connectivity index (χ0n) is 17.7. The van der Waals surface area contributed by atoms with Gasteiger partial charge in [0.05, 0.1) is 17.4 Å². The molecule has 1 aromatic carbocycles. The second kappa shape index (κ2) is 7.29. The highest BCUT2D eigenvalue weighted by Crippen LogP contribution is 2.59. The summed E-state index contributed by atoms with van der Waals surface area (Å²) in [7, 11) is 0. The number of nitrogens with one attached hydrogen (secondary N) is 1. The van der Waals surface area contributed by atoms with E-state index in [4.69, 9.17) is 4.42 Å². The number of furan rings is 1. The summed E-state index contributed by atoms with van der Waals surface area (Å²) in [4.78, 5) is 36.0. The van der Waals surface area contributed by atoms with Crippen LogP contribution in [-0.4, -0.2) is 47.5 Å². The number of aromatic nitrogens is 1. The Morgan fingerprint density at radius 2 is 2.09 bits per heavy atom. The molecule has 7 heteroatoms. The first-order valence-electron chi connectivity index (χ1n) is 11.2. The molecule has 0 bridgehead atoms. The van der Waals surface area contributed by atoms with Crippen molar-refractivity contribution in [3.05, 3.63) is 59.6 Å². The van der Waals surface area contributed by atoms with Crippen LogP contribution in [0, 0.1) is 11.3 Å². The summed E-state index contributed by atoms with van der Waals surface area (Å²) in [6.45, 7) is 2.16. The largest absolute Gasteiger partial charge is 0.449 e. The van der Waals surface area contributed by atoms with Crippen LogP contribution in [0.4, 0.5) is 5.69 Å². The highest BCUT2D eigenvalue weighted by molar-refractivity contribution is 6.01. The van der Waals surface area contributed by atoms with Crippen LogP contribution >= 0.6 is 0 Å². The predicted octanol–water partition coefficient (Wildman–Crippen LogP) is 3.76. The first-order valence-corrected chi connectivity index (χ1v) is 11.2. The highest BCUT2D eigenvalue weighted by Gasteiger charge is 2.54. The van der Waals surface area contributed by atoms with Crippen molar-refractivity contribution in [2.24, 2.45) is 16.3 Å². The van der Waals surface area contributed by atoms with Crippen LogP contribution in [0.1, 0.15) is 45.7 Å². The molecule has 0 radical (unpaired) electrons. The van der Waals surface area contributed by atoms with E-state index < -0.39 is 0 Å². The van der Waals surface area contributed by atoms with Crippen molar-refractivity contribution in [3.8, 4) is 0 Å². The van der Waals surface area contributed by atoms with Crippen LogP contribution in [0.2, 0.25) is 0 Å². The van der Waals surface area contributed by atoms with E-state index in [1.54, 1.807) is 18.5 Å². The molecule has 162 valence electrons. The molecule has 7 nitrogen and oxygen atoms in total. The standard InChI is InChI=1S/C25H24N4O3/c30-23(20-12-17-4-8-26-15-21(17)32-20)28-14-18-13-25(18)6-10-29(11-7-25)24(31)19-3-1-2-16-5-9-27-22(16)19/h1-4,8-9,12,15,18H,5-7,10-11,13-14H2,(H,28,30). The third-order valence-corrected chi connectivity index (χ3v) is 7.34. The Bertz CT molecular complexity index is 1220. The number of carbonyl (C=O) groups is 2. The van der Waals surface area contributed by atoms with Crippen LogP contribution in [0.3, 0.4) is 0 Å². The lowest BCUT2D eigenvalue weighted by Crippen LogP contribution is -2.40. The fourth-order valence-electron chi connectivity index (χ4n) is 5.27. The summed E-state index contributed by atoms with van der Waals surface area (Å²) >= 11 is 0. The van der Waals surface area contributed by atoms with Gasteiger partial charge < -0.3 is 14.6 Å². The van der Waals surface area contributed by atoms with Gasteiger partial charge in [0, 0.05) is 43.9 Å². The van der Waals surface area contributed by atoms with Crippen LogP contribution in [0.5, 0.6) is 0 Å². The minimum atomic E-state index is -0.186. The second-order valence-corrected chi connectivity index (χ2v) is 9.12. The molecular weight excluding hydrogens is 404 g/mol. The topological polar surface area (TPSA) is 87.8 Å². The monoisotopic (exact) mass is 428 g/mol. The van der Waals surface area contributed by atoms with E-state index in [1.165, 1.54) is 0 Å². The average Bonchev–Trinajstić information content (AvgIpc) is 3.18. The summed E-state index contributed by atoms with van der Waals surface area (Å²) in [5.74, 6) is 0.677. The number of hydrogen-bond donors (Lipinski definition) is 1. The van der Waals surface area contributed by atoms with Crippen molar-refractivity contribution < 1.29 is 14.0 Å². The third-order valence-electron chi connectivity index (χ3n) is 7.34. The number of hydrogen-bond acceptors (Lipinski definition) is 5. The number of pyridine rings is 1. The lowest BCUT2D eigenvalue weighted by Gasteiger charge is -2.33. The number of likely N-dealkylation sites (tertiary alicyclic amines) is 1. The molecule has 4 heterocycles. The van der Waals surface area contributed by atoms with Gasteiger partial charge in [0.25, 0.3) is 11.8 Å². The lowest BCUT2D eigenvalue weighted by atomic mass is 9.90. The lowest BCUT2D eigenvalue weighted by molar-refractivity contribution is 0.0669. The Morgan fingerprint density at radius 1 is 1.22 bits per heavy atom. The molecule has 2 aliphatic heterocycles. The molecule has 1 spiro atoms. The van der Waals surface area contributed by atoms with Gasteiger partial charge in [0.2, 0.25) is 0 Å². The summed E-state index contributed by atoms with van der Waals surface area (Å²) in [6, 6.07) is 9.46. The van der Waals surface area contributed by atoms with E-state index in [0.717, 1.165) is 55.4 Å². The van der Waals surface area contributed by atoms with Gasteiger partial charge in [-0.3, -0.25) is 19.6 Å². The van der Waals surface area contributed by atoms with Crippen molar-refractivity contribution in [2.75, 3.05) is 19.6 Å². The van der Waals surface area contributed by atoms with E-state index in [9.17, 15) is 9.59 Å². The van der Waals surface area contributed by atoms with Crippen molar-refractivity contribution in [1.29, 1.82) is 0 Å². The Labute approximate surface area is 185 Å². The van der Waals surface area contributed by atoms with Crippen LogP contribution in [0.25, 0.3) is 11.0 Å². The summed E-state index contributed by atoms with van der Waals surface area (Å²) in [6.07, 6.45) is 9.04. The molecule has 2 fully saturated rings. The Hall–Kier alpha value is -3.48. The molecule has 2 aromatic heterocycles.